The second-order valence-electron chi connectivity index (χ2n) is 6.71. The summed E-state index contributed by atoms with van der Waals surface area (Å²) in [6, 6.07) is 18.1. The molecule has 0 atom stereocenters. The average Bonchev–Trinajstić information content (AvgIpc) is 3.11. The number of thiocarbonyl (C=S) groups is 1. The number of nitrogens with zero attached hydrogens (tertiary/aromatic N) is 3. The van der Waals surface area contributed by atoms with Crippen LogP contribution in [0.3, 0.4) is 0 Å². The first-order valence-corrected chi connectivity index (χ1v) is 9.83. The Hall–Kier alpha value is -2.70. The molecular formula is C21H20ClN5S. The van der Waals surface area contributed by atoms with Gasteiger partial charge >= 0.3 is 0 Å². The smallest absolute Gasteiger partial charge is 0.231 e. The van der Waals surface area contributed by atoms with E-state index < -0.39 is 0 Å². The summed E-state index contributed by atoms with van der Waals surface area (Å²) in [5.41, 5.74) is 4.54. The van der Waals surface area contributed by atoms with Gasteiger partial charge in [0.1, 0.15) is 5.82 Å². The van der Waals surface area contributed by atoms with Crippen LogP contribution in [0, 0.1) is 6.92 Å². The fraction of sp³-hybridized carbons (Fsp3) is 0.190. The molecule has 0 bridgehead atoms. The van der Waals surface area contributed by atoms with Crippen molar-refractivity contribution in [3.8, 4) is 0 Å². The van der Waals surface area contributed by atoms with E-state index in [1.54, 1.807) is 0 Å². The highest BCUT2D eigenvalue weighted by molar-refractivity contribution is 7.80. The van der Waals surface area contributed by atoms with Crippen molar-refractivity contribution >= 4 is 40.7 Å². The Bertz CT molecular complexity index is 998. The lowest BCUT2D eigenvalue weighted by molar-refractivity contribution is 0.849. The third kappa shape index (κ3) is 4.24. The maximum atomic E-state index is 6.19. The lowest BCUT2D eigenvalue weighted by Gasteiger charge is -2.18. The normalized spacial score (nSPS) is 12.6. The monoisotopic (exact) mass is 409 g/mol. The van der Waals surface area contributed by atoms with Crippen molar-refractivity contribution in [2.75, 3.05) is 10.2 Å². The highest BCUT2D eigenvalue weighted by Gasteiger charge is 2.20. The molecule has 2 aromatic carbocycles. The number of aromatic nitrogens is 2. The van der Waals surface area contributed by atoms with Gasteiger partial charge in [0.15, 0.2) is 5.11 Å². The maximum Gasteiger partial charge on any atom is 0.231 e. The van der Waals surface area contributed by atoms with Gasteiger partial charge in [0.05, 0.1) is 0 Å². The van der Waals surface area contributed by atoms with Crippen LogP contribution in [0.25, 0.3) is 0 Å². The molecule has 0 unspecified atom stereocenters. The summed E-state index contributed by atoms with van der Waals surface area (Å²) >= 11 is 11.6. The third-order valence-electron chi connectivity index (χ3n) is 4.63. The maximum absolute atomic E-state index is 6.19. The molecule has 1 aliphatic heterocycles. The number of aryl methyl sites for hydroxylation is 1. The molecular weight excluding hydrogens is 390 g/mol. The first-order valence-electron chi connectivity index (χ1n) is 9.04. The first-order chi connectivity index (χ1) is 13.6. The Kier molecular flexibility index (Phi) is 5.41. The summed E-state index contributed by atoms with van der Waals surface area (Å²) in [6.45, 7) is 4.19. The Morgan fingerprint density at radius 2 is 1.75 bits per heavy atom. The number of anilines is 2. The molecule has 0 spiro atoms. The van der Waals surface area contributed by atoms with E-state index in [1.165, 1.54) is 11.1 Å². The fourth-order valence-corrected chi connectivity index (χ4v) is 3.59. The second-order valence-corrected chi connectivity index (χ2v) is 7.53. The highest BCUT2D eigenvalue weighted by Crippen LogP contribution is 2.27. The Morgan fingerprint density at radius 3 is 2.46 bits per heavy atom. The van der Waals surface area contributed by atoms with Crippen molar-refractivity contribution in [2.45, 2.75) is 26.6 Å². The summed E-state index contributed by atoms with van der Waals surface area (Å²) in [7, 11) is 0. The lowest BCUT2D eigenvalue weighted by atomic mass is 10.1. The molecule has 5 nitrogen and oxygen atoms in total. The highest BCUT2D eigenvalue weighted by atomic mass is 35.5. The van der Waals surface area contributed by atoms with E-state index >= 15 is 0 Å². The number of rotatable bonds is 4. The van der Waals surface area contributed by atoms with Gasteiger partial charge < -0.3 is 15.5 Å². The van der Waals surface area contributed by atoms with E-state index in [0.29, 0.717) is 22.6 Å². The predicted octanol–water partition coefficient (Wildman–Crippen LogP) is 4.45. The zero-order valence-electron chi connectivity index (χ0n) is 15.4. The molecule has 3 aromatic rings. The van der Waals surface area contributed by atoms with E-state index in [2.05, 4.69) is 49.8 Å². The molecule has 142 valence electrons. The summed E-state index contributed by atoms with van der Waals surface area (Å²) < 4.78 is 0. The van der Waals surface area contributed by atoms with Crippen molar-refractivity contribution < 1.29 is 0 Å². The molecule has 0 saturated carbocycles. The largest absolute Gasteiger partial charge is 0.358 e. The second kappa shape index (κ2) is 8.12. The number of hydrogen-bond donors (Lipinski definition) is 2. The van der Waals surface area contributed by atoms with Crippen molar-refractivity contribution in [3.63, 3.8) is 0 Å². The van der Waals surface area contributed by atoms with Crippen LogP contribution in [0.2, 0.25) is 5.02 Å². The molecule has 0 saturated heterocycles. The standard InChI is InChI=1S/C21H20ClN5S/c1-14-10-19(27-12-16-7-2-3-8-17(16)13-27)25-20(24-14)26-21(28)23-11-15-6-4-5-9-18(15)22/h2-10H,11-13H2,1H3,(H2,23,24,25,26,28). The van der Waals surface area contributed by atoms with Crippen LogP contribution < -0.4 is 15.5 Å². The topological polar surface area (TPSA) is 53.1 Å². The van der Waals surface area contributed by atoms with Crippen LogP contribution in [-0.2, 0) is 19.6 Å². The minimum absolute atomic E-state index is 0.459. The molecule has 0 fully saturated rings. The number of benzene rings is 2. The average molecular weight is 410 g/mol. The van der Waals surface area contributed by atoms with Crippen LogP contribution in [0.5, 0.6) is 0 Å². The molecule has 1 aliphatic rings. The third-order valence-corrected chi connectivity index (χ3v) is 5.24. The molecule has 1 aromatic heterocycles. The van der Waals surface area contributed by atoms with Crippen molar-refractivity contribution in [3.05, 3.63) is 82.0 Å². The van der Waals surface area contributed by atoms with Crippen LogP contribution in [0.1, 0.15) is 22.4 Å². The fourth-order valence-electron chi connectivity index (χ4n) is 3.23. The van der Waals surface area contributed by atoms with Gasteiger partial charge in [-0.2, -0.15) is 4.98 Å². The van der Waals surface area contributed by atoms with Gasteiger partial charge in [-0.05, 0) is 41.9 Å². The minimum atomic E-state index is 0.459. The van der Waals surface area contributed by atoms with Gasteiger partial charge in [-0.1, -0.05) is 54.1 Å². The van der Waals surface area contributed by atoms with Crippen molar-refractivity contribution in [2.24, 2.45) is 0 Å². The minimum Gasteiger partial charge on any atom is -0.358 e. The van der Waals surface area contributed by atoms with E-state index in [1.807, 2.05) is 37.3 Å². The molecule has 28 heavy (non-hydrogen) atoms. The first kappa shape index (κ1) is 18.7. The van der Waals surface area contributed by atoms with E-state index in [4.69, 9.17) is 23.8 Å². The van der Waals surface area contributed by atoms with Crippen molar-refractivity contribution in [1.29, 1.82) is 0 Å². The number of hydrogen-bond acceptors (Lipinski definition) is 4. The van der Waals surface area contributed by atoms with E-state index in [9.17, 15) is 0 Å². The van der Waals surface area contributed by atoms with Gasteiger partial charge in [0.25, 0.3) is 0 Å². The predicted molar refractivity (Wildman–Crippen MR) is 118 cm³/mol. The molecule has 0 amide bonds. The summed E-state index contributed by atoms with van der Waals surface area (Å²) in [4.78, 5) is 11.4. The van der Waals surface area contributed by atoms with Gasteiger partial charge in [-0.3, -0.25) is 0 Å². The van der Waals surface area contributed by atoms with Crippen LogP contribution in [0.4, 0.5) is 11.8 Å². The Balaban J connectivity index is 1.43. The van der Waals surface area contributed by atoms with Crippen LogP contribution in [0.15, 0.2) is 54.6 Å². The van der Waals surface area contributed by atoms with Gasteiger partial charge in [0, 0.05) is 36.4 Å². The molecule has 7 heteroatoms. The molecule has 0 radical (unpaired) electrons. The Labute approximate surface area is 174 Å². The number of fused-ring (bicyclic) bond motifs is 1. The zero-order chi connectivity index (χ0) is 19.5. The molecule has 4 rings (SSSR count). The SMILES string of the molecule is Cc1cc(N2Cc3ccccc3C2)nc(NC(=S)NCc2ccccc2Cl)n1. The van der Waals surface area contributed by atoms with Gasteiger partial charge in [0.2, 0.25) is 5.95 Å². The van der Waals surface area contributed by atoms with E-state index in [0.717, 1.165) is 30.2 Å². The summed E-state index contributed by atoms with van der Waals surface area (Å²) in [5, 5.41) is 7.41. The quantitative estimate of drug-likeness (QED) is 0.621. The molecule has 2 heterocycles. The van der Waals surface area contributed by atoms with Crippen molar-refractivity contribution in [1.82, 2.24) is 15.3 Å². The van der Waals surface area contributed by atoms with Gasteiger partial charge in [-0.25, -0.2) is 4.98 Å². The summed E-state index contributed by atoms with van der Waals surface area (Å²) in [6.07, 6.45) is 0. The van der Waals surface area contributed by atoms with Crippen LogP contribution >= 0.6 is 23.8 Å². The van der Waals surface area contributed by atoms with E-state index in [-0.39, 0.29) is 0 Å². The number of nitrogens with one attached hydrogen (secondary N) is 2. The molecule has 2 N–H and O–H groups in total. The zero-order valence-corrected chi connectivity index (χ0v) is 17.0. The summed E-state index contributed by atoms with van der Waals surface area (Å²) in [5.74, 6) is 1.38. The number of halogens is 1. The molecule has 0 aliphatic carbocycles. The lowest BCUT2D eigenvalue weighted by Crippen LogP contribution is -2.29. The Morgan fingerprint density at radius 1 is 1.07 bits per heavy atom. The van der Waals surface area contributed by atoms with Crippen LogP contribution in [-0.4, -0.2) is 15.1 Å². The van der Waals surface area contributed by atoms with Gasteiger partial charge in [-0.15, -0.1) is 0 Å².